The number of benzene rings is 1. The highest BCUT2D eigenvalue weighted by molar-refractivity contribution is 5.88. The smallest absolute Gasteiger partial charge is 0.341 e. The van der Waals surface area contributed by atoms with Crippen LogP contribution >= 0.6 is 0 Å². The third-order valence-corrected chi connectivity index (χ3v) is 4.63. The fraction of sp³-hybridized carbons (Fsp3) is 0.429. The van der Waals surface area contributed by atoms with E-state index < -0.39 is 5.97 Å². The molecular weight excluding hydrogens is 358 g/mol. The van der Waals surface area contributed by atoms with Gasteiger partial charge in [-0.05, 0) is 37.5 Å². The highest BCUT2D eigenvalue weighted by Gasteiger charge is 2.30. The Kier molecular flexibility index (Phi) is 6.23. The van der Waals surface area contributed by atoms with Crippen molar-refractivity contribution >= 4 is 17.7 Å². The molecule has 0 aliphatic carbocycles. The molecule has 0 radical (unpaired) electrons. The summed E-state index contributed by atoms with van der Waals surface area (Å²) in [4.78, 5) is 33.3. The average molecular weight is 383 g/mol. The van der Waals surface area contributed by atoms with Gasteiger partial charge in [0.15, 0.2) is 0 Å². The summed E-state index contributed by atoms with van der Waals surface area (Å²) in [5.41, 5.74) is 1.48. The predicted octanol–water partition coefficient (Wildman–Crippen LogP) is 3.00. The Morgan fingerprint density at radius 3 is 2.39 bits per heavy atom. The first-order valence-corrected chi connectivity index (χ1v) is 9.46. The van der Waals surface area contributed by atoms with Gasteiger partial charge >= 0.3 is 5.97 Å². The van der Waals surface area contributed by atoms with Crippen LogP contribution in [0.15, 0.2) is 36.7 Å². The maximum Gasteiger partial charge on any atom is 0.341 e. The number of rotatable bonds is 8. The molecule has 1 atom stereocenters. The topological polar surface area (TPSA) is 81.6 Å². The number of esters is 1. The number of carbonyl (C=O) groups excluding carboxylic acids is 2. The first kappa shape index (κ1) is 19.8. The summed E-state index contributed by atoms with van der Waals surface area (Å²) in [6.07, 6.45) is 3.58. The third kappa shape index (κ3) is 4.85. The highest BCUT2D eigenvalue weighted by atomic mass is 16.5. The van der Waals surface area contributed by atoms with E-state index in [-0.39, 0.29) is 17.8 Å². The fourth-order valence-corrected chi connectivity index (χ4v) is 3.10. The summed E-state index contributed by atoms with van der Waals surface area (Å²) in [5, 5.41) is 0. The van der Waals surface area contributed by atoms with Gasteiger partial charge in [-0.1, -0.05) is 19.1 Å². The Morgan fingerprint density at radius 2 is 1.82 bits per heavy atom. The van der Waals surface area contributed by atoms with E-state index in [9.17, 15) is 9.59 Å². The first-order chi connectivity index (χ1) is 13.5. The van der Waals surface area contributed by atoms with Crippen LogP contribution in [-0.2, 0) is 9.53 Å². The Bertz CT molecular complexity index is 815. The summed E-state index contributed by atoms with van der Waals surface area (Å²) in [6.45, 7) is 7.11. The minimum Gasteiger partial charge on any atom is -0.487 e. The van der Waals surface area contributed by atoms with Gasteiger partial charge in [-0.15, -0.1) is 0 Å². The Balaban J connectivity index is 1.49. The second kappa shape index (κ2) is 8.82. The quantitative estimate of drug-likeness (QED) is 0.648. The zero-order valence-electron chi connectivity index (χ0n) is 16.4. The van der Waals surface area contributed by atoms with Gasteiger partial charge in [-0.2, -0.15) is 0 Å². The van der Waals surface area contributed by atoms with Crippen molar-refractivity contribution in [1.29, 1.82) is 0 Å². The Labute approximate surface area is 164 Å². The monoisotopic (exact) mass is 383 g/mol. The van der Waals surface area contributed by atoms with Crippen molar-refractivity contribution in [2.45, 2.75) is 39.2 Å². The van der Waals surface area contributed by atoms with Gasteiger partial charge in [0, 0.05) is 18.8 Å². The van der Waals surface area contributed by atoms with E-state index in [0.717, 1.165) is 11.3 Å². The van der Waals surface area contributed by atoms with Crippen LogP contribution in [0, 0.1) is 0 Å². The lowest BCUT2D eigenvalue weighted by atomic mass is 9.96. The van der Waals surface area contributed by atoms with E-state index in [0.29, 0.717) is 37.6 Å². The number of ether oxygens (including phenoxy) is 2. The van der Waals surface area contributed by atoms with Crippen LogP contribution in [0.5, 0.6) is 5.75 Å². The summed E-state index contributed by atoms with van der Waals surface area (Å²) in [5.74, 6) is 1.36. The molecule has 0 spiro atoms. The largest absolute Gasteiger partial charge is 0.487 e. The van der Waals surface area contributed by atoms with Gasteiger partial charge in [0.25, 0.3) is 0 Å². The van der Waals surface area contributed by atoms with Crippen molar-refractivity contribution in [3.05, 3.63) is 47.8 Å². The summed E-state index contributed by atoms with van der Waals surface area (Å²) in [6, 6.07) is 7.91. The molecule has 1 saturated heterocycles. The SMILES string of the molecule is CCOC(=O)c1cnc(N2CC(Oc3ccc([C@H](C)CC(C)=O)cc3)C2)nc1. The number of anilines is 1. The second-order valence-electron chi connectivity index (χ2n) is 7.01. The van der Waals surface area contributed by atoms with E-state index in [1.54, 1.807) is 13.8 Å². The molecular formula is C21H25N3O4. The minimum absolute atomic E-state index is 0.0637. The lowest BCUT2D eigenvalue weighted by Gasteiger charge is -2.38. The summed E-state index contributed by atoms with van der Waals surface area (Å²) >= 11 is 0. The van der Waals surface area contributed by atoms with Crippen LogP contribution in [0.3, 0.4) is 0 Å². The molecule has 28 heavy (non-hydrogen) atoms. The molecule has 7 heteroatoms. The van der Waals surface area contributed by atoms with Gasteiger partial charge in [0.1, 0.15) is 17.6 Å². The zero-order chi connectivity index (χ0) is 20.1. The number of carbonyl (C=O) groups is 2. The van der Waals surface area contributed by atoms with E-state index in [2.05, 4.69) is 9.97 Å². The van der Waals surface area contributed by atoms with Crippen molar-refractivity contribution in [1.82, 2.24) is 9.97 Å². The molecule has 1 aliphatic heterocycles. The van der Waals surface area contributed by atoms with Crippen molar-refractivity contribution < 1.29 is 19.1 Å². The standard InChI is InChI=1S/C21H25N3O4/c1-4-27-20(26)17-10-22-21(23-11-17)24-12-19(13-24)28-18-7-5-16(6-8-18)14(2)9-15(3)25/h5-8,10-11,14,19H,4,9,12-13H2,1-3H3/t14-/m1/s1. The molecule has 1 fully saturated rings. The molecule has 3 rings (SSSR count). The number of aromatic nitrogens is 2. The van der Waals surface area contributed by atoms with Crippen LogP contribution in [0.2, 0.25) is 0 Å². The maximum atomic E-state index is 11.6. The molecule has 2 heterocycles. The van der Waals surface area contributed by atoms with Crippen molar-refractivity contribution in [3.63, 3.8) is 0 Å². The molecule has 2 aromatic rings. The van der Waals surface area contributed by atoms with Gasteiger partial charge in [0.2, 0.25) is 5.95 Å². The third-order valence-electron chi connectivity index (χ3n) is 4.63. The second-order valence-corrected chi connectivity index (χ2v) is 7.01. The van der Waals surface area contributed by atoms with Crippen molar-refractivity contribution in [2.24, 2.45) is 0 Å². The van der Waals surface area contributed by atoms with Gasteiger partial charge < -0.3 is 19.2 Å². The summed E-state index contributed by atoms with van der Waals surface area (Å²) < 4.78 is 10.9. The highest BCUT2D eigenvalue weighted by Crippen LogP contribution is 2.25. The predicted molar refractivity (Wildman–Crippen MR) is 105 cm³/mol. The number of Topliss-reactive ketones (excluding diaryl/α,β-unsaturated/α-hetero) is 1. The molecule has 1 aromatic carbocycles. The molecule has 0 saturated carbocycles. The van der Waals surface area contributed by atoms with Gasteiger partial charge in [-0.25, -0.2) is 14.8 Å². The molecule has 0 unspecified atom stereocenters. The van der Waals surface area contributed by atoms with Gasteiger partial charge in [-0.3, -0.25) is 0 Å². The van der Waals surface area contributed by atoms with E-state index in [1.807, 2.05) is 36.1 Å². The molecule has 0 bridgehead atoms. The maximum absolute atomic E-state index is 11.6. The van der Waals surface area contributed by atoms with Crippen LogP contribution < -0.4 is 9.64 Å². The van der Waals surface area contributed by atoms with Crippen LogP contribution in [-0.4, -0.2) is 47.5 Å². The molecule has 0 amide bonds. The van der Waals surface area contributed by atoms with Crippen LogP contribution in [0.1, 0.15) is 49.0 Å². The molecule has 1 aliphatic rings. The number of nitrogens with zero attached hydrogens (tertiary/aromatic N) is 3. The Morgan fingerprint density at radius 1 is 1.18 bits per heavy atom. The lowest BCUT2D eigenvalue weighted by Crippen LogP contribution is -2.54. The molecule has 7 nitrogen and oxygen atoms in total. The Hall–Kier alpha value is -2.96. The molecule has 1 aromatic heterocycles. The van der Waals surface area contributed by atoms with Crippen molar-refractivity contribution in [2.75, 3.05) is 24.6 Å². The number of ketones is 1. The average Bonchev–Trinajstić information content (AvgIpc) is 2.64. The van der Waals surface area contributed by atoms with E-state index in [4.69, 9.17) is 9.47 Å². The van der Waals surface area contributed by atoms with E-state index in [1.165, 1.54) is 12.4 Å². The fourth-order valence-electron chi connectivity index (χ4n) is 3.10. The van der Waals surface area contributed by atoms with E-state index >= 15 is 0 Å². The zero-order valence-corrected chi connectivity index (χ0v) is 16.4. The van der Waals surface area contributed by atoms with Gasteiger partial charge in [0.05, 0.1) is 25.3 Å². The minimum atomic E-state index is -0.417. The molecule has 148 valence electrons. The van der Waals surface area contributed by atoms with Crippen molar-refractivity contribution in [3.8, 4) is 5.75 Å². The summed E-state index contributed by atoms with van der Waals surface area (Å²) in [7, 11) is 0. The van der Waals surface area contributed by atoms with Crippen LogP contribution in [0.4, 0.5) is 5.95 Å². The number of hydrogen-bond acceptors (Lipinski definition) is 7. The first-order valence-electron chi connectivity index (χ1n) is 9.46. The normalized spacial score (nSPS) is 14.9. The number of hydrogen-bond donors (Lipinski definition) is 0. The lowest BCUT2D eigenvalue weighted by molar-refractivity contribution is -0.117. The molecule has 0 N–H and O–H groups in total. The van der Waals surface area contributed by atoms with Crippen LogP contribution in [0.25, 0.3) is 0 Å².